The van der Waals surface area contributed by atoms with E-state index in [2.05, 4.69) is 53.2 Å². The van der Waals surface area contributed by atoms with Crippen LogP contribution in [0.1, 0.15) is 189 Å². The Bertz CT molecular complexity index is 5370. The van der Waals surface area contributed by atoms with Crippen molar-refractivity contribution in [3.63, 3.8) is 0 Å². The SMILES string of the molecule is CNC(=O)C(CSC(c1ccccc1)(c1ccccc1)c1ccccc1)NC(=O)C(CCCCNC(=O)C(COC(C)(C)C)NC(=O)OCC1c2ccccc2-c2ccccc21)NC(=O)C(COC(C)(C)C)NC(=O)C(CCCCNC(=O)C(COC(C)(C)C)NC(=O)OCC1c2ccccc2-c2ccccc21)NC(=O)C(COC(C)(C)C)NC(=O)OCC1c2ccccc2-c2ccccc21. The first-order chi connectivity index (χ1) is 65.0. The predicted molar refractivity (Wildman–Crippen MR) is 526 cm³/mol. The minimum atomic E-state index is -1.63. The highest BCUT2D eigenvalue weighted by molar-refractivity contribution is 8.00. The largest absolute Gasteiger partial charge is 0.449 e. The molecule has 0 spiro atoms. The van der Waals surface area contributed by atoms with Crippen molar-refractivity contribution in [1.82, 2.24) is 53.2 Å². The van der Waals surface area contributed by atoms with Crippen LogP contribution in [0.25, 0.3) is 33.4 Å². The van der Waals surface area contributed by atoms with Gasteiger partial charge in [0.2, 0.25) is 41.4 Å². The number of likely N-dealkylation sites (N-methyl/N-ethyl adjacent to an activating group) is 1. The first-order valence-electron chi connectivity index (χ1n) is 46.7. The molecule has 7 unspecified atom stereocenters. The molecule has 0 heterocycles. The van der Waals surface area contributed by atoms with Crippen LogP contribution in [0.4, 0.5) is 14.4 Å². The normalized spacial score (nSPS) is 14.4. The number of carbonyl (C=O) groups is 10. The molecule has 0 radical (unpaired) electrons. The third kappa shape index (κ3) is 28.0. The summed E-state index contributed by atoms with van der Waals surface area (Å²) in [5.74, 6) is -6.06. The van der Waals surface area contributed by atoms with Crippen molar-refractivity contribution >= 4 is 71.4 Å². The van der Waals surface area contributed by atoms with E-state index in [1.807, 2.05) is 278 Å². The van der Waals surface area contributed by atoms with Gasteiger partial charge in [0, 0.05) is 43.6 Å². The molecular formula is C108H130N10O17S. The van der Waals surface area contributed by atoms with Crippen molar-refractivity contribution in [2.24, 2.45) is 0 Å². The number of ether oxygens (including phenoxy) is 7. The van der Waals surface area contributed by atoms with Gasteiger partial charge in [-0.2, -0.15) is 0 Å². The van der Waals surface area contributed by atoms with E-state index in [1.54, 1.807) is 41.5 Å². The highest BCUT2D eigenvalue weighted by Gasteiger charge is 2.42. The van der Waals surface area contributed by atoms with E-state index in [9.17, 15) is 28.8 Å². The Morgan fingerprint density at radius 2 is 0.515 bits per heavy atom. The Balaban J connectivity index is 0.793. The van der Waals surface area contributed by atoms with Gasteiger partial charge in [-0.1, -0.05) is 237 Å². The molecule has 10 amide bonds. The summed E-state index contributed by atoms with van der Waals surface area (Å²) in [6.07, 6.45) is -2.24. The average Bonchev–Trinajstić information content (AvgIpc) is 1.20. The second kappa shape index (κ2) is 47.2. The van der Waals surface area contributed by atoms with Gasteiger partial charge in [-0.15, -0.1) is 11.8 Å². The molecule has 7 atom stereocenters. The predicted octanol–water partition coefficient (Wildman–Crippen LogP) is 15.0. The highest BCUT2D eigenvalue weighted by Crippen LogP contribution is 2.50. The monoisotopic (exact) mass is 1870 g/mol. The number of hydrogen-bond acceptors (Lipinski definition) is 18. The molecule has 136 heavy (non-hydrogen) atoms. The number of unbranched alkanes of at least 4 members (excludes halogenated alkanes) is 2. The van der Waals surface area contributed by atoms with E-state index in [4.69, 9.17) is 33.2 Å². The molecule has 27 nitrogen and oxygen atoms in total. The van der Waals surface area contributed by atoms with Crippen molar-refractivity contribution in [1.29, 1.82) is 0 Å². The second-order valence-electron chi connectivity index (χ2n) is 38.3. The van der Waals surface area contributed by atoms with Gasteiger partial charge in [0.1, 0.15) is 62.1 Å². The smallest absolute Gasteiger partial charge is 0.407 e. The molecule has 0 saturated heterocycles. The van der Waals surface area contributed by atoms with E-state index >= 15 is 19.2 Å². The van der Waals surface area contributed by atoms with E-state index in [1.165, 1.54) is 18.8 Å². The summed E-state index contributed by atoms with van der Waals surface area (Å²) in [7, 11) is 1.46. The molecule has 720 valence electrons. The fourth-order valence-electron chi connectivity index (χ4n) is 17.0. The van der Waals surface area contributed by atoms with E-state index < -0.39 is 142 Å². The third-order valence-corrected chi connectivity index (χ3v) is 25.5. The second-order valence-corrected chi connectivity index (χ2v) is 39.5. The van der Waals surface area contributed by atoms with Crippen LogP contribution in [-0.4, -0.2) is 196 Å². The molecule has 28 heteroatoms. The van der Waals surface area contributed by atoms with Crippen LogP contribution in [0.5, 0.6) is 0 Å². The minimum absolute atomic E-state index is 0.00727. The molecule has 0 saturated carbocycles. The lowest BCUT2D eigenvalue weighted by atomic mass is 9.84. The first-order valence-corrected chi connectivity index (χ1v) is 47.7. The number of nitrogens with one attached hydrogen (secondary N) is 10. The van der Waals surface area contributed by atoms with E-state index in [0.717, 1.165) is 83.5 Å². The zero-order valence-corrected chi connectivity index (χ0v) is 80.8. The first kappa shape index (κ1) is 102. The van der Waals surface area contributed by atoms with Crippen molar-refractivity contribution in [2.75, 3.05) is 72.1 Å². The number of amides is 10. The lowest BCUT2D eigenvalue weighted by molar-refractivity contribution is -0.137. The van der Waals surface area contributed by atoms with Gasteiger partial charge in [0.15, 0.2) is 0 Å². The summed E-state index contributed by atoms with van der Waals surface area (Å²) in [4.78, 5) is 147. The number of hydrogen-bond donors (Lipinski definition) is 10. The van der Waals surface area contributed by atoms with Crippen LogP contribution in [0.15, 0.2) is 237 Å². The van der Waals surface area contributed by atoms with Crippen LogP contribution < -0.4 is 53.2 Å². The van der Waals surface area contributed by atoms with Crippen molar-refractivity contribution in [3.8, 4) is 33.4 Å². The summed E-state index contributed by atoms with van der Waals surface area (Å²) in [5.41, 5.74) is 11.6. The molecular weight excluding hydrogens is 1740 g/mol. The van der Waals surface area contributed by atoms with Crippen LogP contribution in [0.3, 0.4) is 0 Å². The van der Waals surface area contributed by atoms with Crippen LogP contribution in [-0.2, 0) is 71.5 Å². The van der Waals surface area contributed by atoms with Gasteiger partial charge in [-0.25, -0.2) is 14.4 Å². The topological polar surface area (TPSA) is 356 Å². The quantitative estimate of drug-likeness (QED) is 0.00963. The van der Waals surface area contributed by atoms with Crippen LogP contribution >= 0.6 is 11.8 Å². The van der Waals surface area contributed by atoms with Gasteiger partial charge < -0.3 is 86.3 Å². The maximum absolute atomic E-state index is 15.7. The number of thioether (sulfide) groups is 1. The highest BCUT2D eigenvalue weighted by atomic mass is 32.2. The maximum Gasteiger partial charge on any atom is 0.407 e. The lowest BCUT2D eigenvalue weighted by Crippen LogP contribution is -2.60. The van der Waals surface area contributed by atoms with Crippen molar-refractivity contribution < 1.29 is 81.1 Å². The van der Waals surface area contributed by atoms with Crippen LogP contribution in [0, 0.1) is 0 Å². The molecule has 0 fully saturated rings. The maximum atomic E-state index is 15.7. The van der Waals surface area contributed by atoms with Crippen molar-refractivity contribution in [2.45, 2.75) is 209 Å². The van der Waals surface area contributed by atoms with E-state index in [-0.39, 0.29) is 108 Å². The summed E-state index contributed by atoms with van der Waals surface area (Å²) in [5, 5.41) is 28.3. The van der Waals surface area contributed by atoms with E-state index in [0.29, 0.717) is 0 Å². The minimum Gasteiger partial charge on any atom is -0.449 e. The number of rotatable bonds is 44. The molecule has 9 aromatic carbocycles. The van der Waals surface area contributed by atoms with Gasteiger partial charge in [0.05, 0.1) is 53.6 Å². The fraction of sp³-hybridized carbons (Fsp3) is 0.407. The summed E-state index contributed by atoms with van der Waals surface area (Å²) in [6, 6.07) is 67.1. The standard InChI is InChI=1S/C108H130N10O17S/c1-104(2,3)132-64-89(116-101(126)129-61-84-78-51-29-23-45-72(78)73-46-24-30-52-79(73)84)95(120)110-59-37-35-57-87(113-100(125)92(67-135-107(10,11)12)118-103(128)131-63-86-82-55-33-27-49-76(82)77-50-28-34-56-83(77)86)97(122)114-91(66-134-106(7,8)9)99(124)112-88(98(123)115-93(94(119)109-13)68-136-108(69-39-17-14-18-40-69,70-41-19-15-20-42-70)71-43-21-16-22-44-71)58-36-38-60-111-96(121)90(65-133-105(4,5)6)117-102(127)130-62-85-80-53-31-25-47-74(80)75-48-26-32-54-81(75)85/h14-34,39-56,84-93H,35-38,57-68H2,1-13H3,(H,109,119)(H,110,120)(H,111,121)(H,112,124)(H,113,125)(H,114,122)(H,115,123)(H,116,126)(H,117,127)(H,118,128). The molecule has 10 N–H and O–H groups in total. The number of fused-ring (bicyclic) bond motifs is 9. The number of benzene rings is 9. The molecule has 9 aromatic rings. The van der Waals surface area contributed by atoms with Gasteiger partial charge >= 0.3 is 18.3 Å². The Labute approximate surface area is 802 Å². The Kier molecular flexibility index (Phi) is 35.4. The Morgan fingerprint density at radius 3 is 0.787 bits per heavy atom. The summed E-state index contributed by atoms with van der Waals surface area (Å²) in [6.45, 7) is 20.0. The number of carbonyl (C=O) groups excluding carboxylic acids is 10. The van der Waals surface area contributed by atoms with Gasteiger partial charge in [0.25, 0.3) is 0 Å². The molecule has 0 aliphatic heterocycles. The molecule has 0 aromatic heterocycles. The van der Waals surface area contributed by atoms with Crippen molar-refractivity contribution in [3.05, 3.63) is 287 Å². The third-order valence-electron chi connectivity index (χ3n) is 23.8. The Morgan fingerprint density at radius 1 is 0.279 bits per heavy atom. The Hall–Kier alpha value is -12.7. The molecule has 3 aliphatic carbocycles. The molecule has 3 aliphatic rings. The summed E-state index contributed by atoms with van der Waals surface area (Å²) < 4.78 is 41.5. The number of alkyl carbamates (subject to hydrolysis) is 3. The zero-order valence-electron chi connectivity index (χ0n) is 80.0. The fourth-order valence-corrected chi connectivity index (χ4v) is 18.5. The van der Waals surface area contributed by atoms with Crippen LogP contribution in [0.2, 0.25) is 0 Å². The zero-order chi connectivity index (χ0) is 97.3. The average molecular weight is 1870 g/mol. The molecule has 0 bridgehead atoms. The van der Waals surface area contributed by atoms with Gasteiger partial charge in [-0.05, 0) is 205 Å². The van der Waals surface area contributed by atoms with Gasteiger partial charge in [-0.3, -0.25) is 33.6 Å². The summed E-state index contributed by atoms with van der Waals surface area (Å²) >= 11 is 1.43. The lowest BCUT2D eigenvalue weighted by Gasteiger charge is -2.36. The molecule has 12 rings (SSSR count).